The fourth-order valence-electron chi connectivity index (χ4n) is 2.64. The molecule has 0 spiro atoms. The second kappa shape index (κ2) is 7.46. The number of piperidine rings is 1. The third-order valence-corrected chi connectivity index (χ3v) is 3.45. The van der Waals surface area contributed by atoms with Gasteiger partial charge in [0.2, 0.25) is 0 Å². The van der Waals surface area contributed by atoms with Crippen molar-refractivity contribution < 1.29 is 4.74 Å². The van der Waals surface area contributed by atoms with Crippen LogP contribution in [0.5, 0.6) is 0 Å². The van der Waals surface area contributed by atoms with Gasteiger partial charge in [-0.05, 0) is 50.9 Å². The molecule has 0 amide bonds. The molecule has 4 nitrogen and oxygen atoms in total. The normalized spacial score (nSPS) is 20.4. The zero-order chi connectivity index (χ0) is 13.5. The number of anilines is 1. The number of aromatic nitrogens is 1. The van der Waals surface area contributed by atoms with Crippen molar-refractivity contribution in [1.82, 2.24) is 9.88 Å². The maximum Gasteiger partial charge on any atom is 0.126 e. The van der Waals surface area contributed by atoms with Crippen LogP contribution in [0.3, 0.4) is 0 Å². The first-order chi connectivity index (χ1) is 9.31. The molecule has 4 heteroatoms. The van der Waals surface area contributed by atoms with E-state index < -0.39 is 0 Å². The van der Waals surface area contributed by atoms with Crippen molar-refractivity contribution in [1.29, 1.82) is 0 Å². The average Bonchev–Trinajstić information content (AvgIpc) is 2.40. The van der Waals surface area contributed by atoms with E-state index in [1.54, 1.807) is 0 Å². The van der Waals surface area contributed by atoms with E-state index in [0.29, 0.717) is 6.10 Å². The third-order valence-electron chi connectivity index (χ3n) is 3.45. The van der Waals surface area contributed by atoms with Gasteiger partial charge < -0.3 is 10.1 Å². The van der Waals surface area contributed by atoms with Gasteiger partial charge in [0.05, 0.1) is 6.10 Å². The first kappa shape index (κ1) is 14.3. The molecule has 0 aliphatic carbocycles. The molecule has 19 heavy (non-hydrogen) atoms. The zero-order valence-electron chi connectivity index (χ0n) is 12.1. The molecule has 0 saturated carbocycles. The van der Waals surface area contributed by atoms with E-state index in [4.69, 9.17) is 4.74 Å². The van der Waals surface area contributed by atoms with Gasteiger partial charge in [-0.1, -0.05) is 0 Å². The number of pyridine rings is 1. The summed E-state index contributed by atoms with van der Waals surface area (Å²) in [6.07, 6.45) is 4.73. The summed E-state index contributed by atoms with van der Waals surface area (Å²) >= 11 is 0. The molecule has 1 aliphatic heterocycles. The zero-order valence-corrected chi connectivity index (χ0v) is 12.1. The molecule has 2 rings (SSSR count). The lowest BCUT2D eigenvalue weighted by Gasteiger charge is -2.32. The minimum absolute atomic E-state index is 0.411. The lowest BCUT2D eigenvalue weighted by atomic mass is 10.1. The third kappa shape index (κ3) is 4.48. The molecule has 0 bridgehead atoms. The SMILES string of the molecule is CCNc1cc(CN2CCCC(OCC)C2)ccn1. The molecule has 0 radical (unpaired) electrons. The van der Waals surface area contributed by atoms with Gasteiger partial charge in [-0.3, -0.25) is 4.90 Å². The molecule has 1 aromatic rings. The van der Waals surface area contributed by atoms with Crippen molar-refractivity contribution in [3.05, 3.63) is 23.9 Å². The van der Waals surface area contributed by atoms with Crippen LogP contribution in [-0.2, 0) is 11.3 Å². The van der Waals surface area contributed by atoms with Crippen molar-refractivity contribution in [2.75, 3.05) is 31.6 Å². The first-order valence-electron chi connectivity index (χ1n) is 7.34. The van der Waals surface area contributed by atoms with Gasteiger partial charge in [0.25, 0.3) is 0 Å². The van der Waals surface area contributed by atoms with Crippen LogP contribution in [0.2, 0.25) is 0 Å². The summed E-state index contributed by atoms with van der Waals surface area (Å²) < 4.78 is 5.75. The Balaban J connectivity index is 1.90. The molecule has 1 aliphatic rings. The van der Waals surface area contributed by atoms with E-state index in [1.165, 1.54) is 24.9 Å². The van der Waals surface area contributed by atoms with Crippen molar-refractivity contribution in [3.63, 3.8) is 0 Å². The van der Waals surface area contributed by atoms with Crippen LogP contribution in [0.15, 0.2) is 18.3 Å². The molecule has 1 saturated heterocycles. The number of hydrogen-bond donors (Lipinski definition) is 1. The molecule has 1 fully saturated rings. The van der Waals surface area contributed by atoms with E-state index in [0.717, 1.165) is 32.1 Å². The predicted molar refractivity (Wildman–Crippen MR) is 78.3 cm³/mol. The Hall–Kier alpha value is -1.13. The summed E-state index contributed by atoms with van der Waals surface area (Å²) in [4.78, 5) is 6.79. The second-order valence-electron chi connectivity index (χ2n) is 5.03. The Kier molecular flexibility index (Phi) is 5.61. The van der Waals surface area contributed by atoms with Gasteiger partial charge in [-0.15, -0.1) is 0 Å². The first-order valence-corrected chi connectivity index (χ1v) is 7.34. The quantitative estimate of drug-likeness (QED) is 0.856. The smallest absolute Gasteiger partial charge is 0.126 e. The van der Waals surface area contributed by atoms with Gasteiger partial charge in [0, 0.05) is 32.4 Å². The highest BCUT2D eigenvalue weighted by molar-refractivity contribution is 5.37. The van der Waals surface area contributed by atoms with E-state index in [2.05, 4.69) is 41.2 Å². The lowest BCUT2D eigenvalue weighted by molar-refractivity contribution is 0.00363. The average molecular weight is 263 g/mol. The highest BCUT2D eigenvalue weighted by Gasteiger charge is 2.19. The highest BCUT2D eigenvalue weighted by Crippen LogP contribution is 2.17. The topological polar surface area (TPSA) is 37.4 Å². The van der Waals surface area contributed by atoms with E-state index in [9.17, 15) is 0 Å². The Morgan fingerprint density at radius 1 is 1.47 bits per heavy atom. The maximum absolute atomic E-state index is 5.75. The van der Waals surface area contributed by atoms with Crippen LogP contribution in [0.1, 0.15) is 32.3 Å². The van der Waals surface area contributed by atoms with E-state index in [-0.39, 0.29) is 0 Å². The van der Waals surface area contributed by atoms with E-state index >= 15 is 0 Å². The molecule has 106 valence electrons. The van der Waals surface area contributed by atoms with Crippen LogP contribution >= 0.6 is 0 Å². The molecular formula is C15H25N3O. The Bertz CT molecular complexity index is 381. The number of nitrogens with zero attached hydrogens (tertiary/aromatic N) is 2. The largest absolute Gasteiger partial charge is 0.377 e. The van der Waals surface area contributed by atoms with Crippen LogP contribution < -0.4 is 5.32 Å². The second-order valence-corrected chi connectivity index (χ2v) is 5.03. The maximum atomic E-state index is 5.75. The summed E-state index contributed by atoms with van der Waals surface area (Å²) in [7, 11) is 0. The summed E-state index contributed by atoms with van der Waals surface area (Å²) in [5.41, 5.74) is 1.32. The fraction of sp³-hybridized carbons (Fsp3) is 0.667. The van der Waals surface area contributed by atoms with E-state index in [1.807, 2.05) is 6.20 Å². The summed E-state index contributed by atoms with van der Waals surface area (Å²) in [5, 5.41) is 3.26. The van der Waals surface area contributed by atoms with Gasteiger partial charge in [-0.2, -0.15) is 0 Å². The Labute approximate surface area is 116 Å². The molecular weight excluding hydrogens is 238 g/mol. The van der Waals surface area contributed by atoms with Gasteiger partial charge >= 0.3 is 0 Å². The monoisotopic (exact) mass is 263 g/mol. The van der Waals surface area contributed by atoms with Gasteiger partial charge in [0.15, 0.2) is 0 Å². The van der Waals surface area contributed by atoms with Crippen molar-refractivity contribution >= 4 is 5.82 Å². The number of hydrogen-bond acceptors (Lipinski definition) is 4. The minimum atomic E-state index is 0.411. The number of nitrogens with one attached hydrogen (secondary N) is 1. The molecule has 0 aromatic carbocycles. The van der Waals surface area contributed by atoms with Crippen LogP contribution in [0.25, 0.3) is 0 Å². The number of likely N-dealkylation sites (tertiary alicyclic amines) is 1. The molecule has 1 N–H and O–H groups in total. The van der Waals surface area contributed by atoms with Crippen LogP contribution in [0.4, 0.5) is 5.82 Å². The molecule has 1 unspecified atom stereocenters. The molecule has 1 aromatic heterocycles. The number of ether oxygens (including phenoxy) is 1. The Morgan fingerprint density at radius 3 is 3.16 bits per heavy atom. The lowest BCUT2D eigenvalue weighted by Crippen LogP contribution is -2.39. The molecule has 1 atom stereocenters. The van der Waals surface area contributed by atoms with Gasteiger partial charge in [-0.25, -0.2) is 4.98 Å². The summed E-state index contributed by atoms with van der Waals surface area (Å²) in [5.74, 6) is 0.971. The predicted octanol–water partition coefficient (Wildman–Crippen LogP) is 2.51. The minimum Gasteiger partial charge on any atom is -0.377 e. The van der Waals surface area contributed by atoms with Crippen molar-refractivity contribution in [2.45, 2.75) is 39.3 Å². The van der Waals surface area contributed by atoms with Crippen molar-refractivity contribution in [2.24, 2.45) is 0 Å². The standard InChI is InChI=1S/C15H25N3O/c1-3-16-15-10-13(7-8-17-15)11-18-9-5-6-14(12-18)19-4-2/h7-8,10,14H,3-6,9,11-12H2,1-2H3,(H,16,17). The van der Waals surface area contributed by atoms with Crippen LogP contribution in [0, 0.1) is 0 Å². The van der Waals surface area contributed by atoms with Gasteiger partial charge in [0.1, 0.15) is 5.82 Å². The summed E-state index contributed by atoms with van der Waals surface area (Å²) in [6.45, 7) is 9.10. The Morgan fingerprint density at radius 2 is 2.37 bits per heavy atom. The highest BCUT2D eigenvalue weighted by atomic mass is 16.5. The van der Waals surface area contributed by atoms with Crippen molar-refractivity contribution in [3.8, 4) is 0 Å². The molecule has 2 heterocycles. The summed E-state index contributed by atoms with van der Waals surface area (Å²) in [6, 6.07) is 4.25. The number of rotatable bonds is 6. The fourth-order valence-corrected chi connectivity index (χ4v) is 2.64. The van der Waals surface area contributed by atoms with Crippen LogP contribution in [-0.4, -0.2) is 42.2 Å².